The summed E-state index contributed by atoms with van der Waals surface area (Å²) in [5, 5.41) is 14.8. The number of aromatic carboxylic acids is 1. The van der Waals surface area contributed by atoms with Gasteiger partial charge in [-0.1, -0.05) is 19.9 Å². The lowest BCUT2D eigenvalue weighted by molar-refractivity contribution is 0.0697. The van der Waals surface area contributed by atoms with E-state index in [9.17, 15) is 9.59 Å². The molecule has 1 amide bonds. The molecule has 1 aromatic carbocycles. The summed E-state index contributed by atoms with van der Waals surface area (Å²) >= 11 is 1.58. The van der Waals surface area contributed by atoms with Crippen LogP contribution in [0.15, 0.2) is 29.6 Å². The lowest BCUT2D eigenvalue weighted by Gasteiger charge is -2.12. The number of carbonyl (C=O) groups is 2. The number of carbonyl (C=O) groups excluding carboxylic acids is 1. The minimum Gasteiger partial charge on any atom is -0.478 e. The van der Waals surface area contributed by atoms with Crippen LogP contribution in [-0.4, -0.2) is 22.0 Å². The second kappa shape index (κ2) is 6.70. The van der Waals surface area contributed by atoms with Crippen LogP contribution in [-0.2, 0) is 0 Å². The molecule has 2 N–H and O–H groups in total. The number of rotatable bonds is 5. The molecule has 22 heavy (non-hydrogen) atoms. The molecule has 0 aliphatic rings. The van der Waals surface area contributed by atoms with Gasteiger partial charge < -0.3 is 10.4 Å². The zero-order valence-corrected chi connectivity index (χ0v) is 13.5. The summed E-state index contributed by atoms with van der Waals surface area (Å²) < 4.78 is 0. The Morgan fingerprint density at radius 3 is 2.50 bits per heavy atom. The number of amides is 1. The van der Waals surface area contributed by atoms with E-state index in [-0.39, 0.29) is 17.5 Å². The normalized spacial score (nSPS) is 12.2. The molecule has 0 spiro atoms. The second-order valence-electron chi connectivity index (χ2n) is 5.35. The van der Waals surface area contributed by atoms with Gasteiger partial charge in [-0.2, -0.15) is 0 Å². The molecule has 0 aliphatic heterocycles. The number of carboxylic acids is 1. The first-order valence-electron chi connectivity index (χ1n) is 6.98. The molecule has 116 valence electrons. The van der Waals surface area contributed by atoms with Gasteiger partial charge in [0.05, 0.1) is 22.3 Å². The third-order valence-corrected chi connectivity index (χ3v) is 4.36. The standard InChI is InChI=1S/C16H18N2O3S/c1-9(2)15-18-13(8-22-15)10(3)17-14(19)11-5-4-6-12(7-11)16(20)21/h4-10H,1-3H3,(H,17,19)(H,20,21)/t10-/m0/s1. The van der Waals surface area contributed by atoms with Crippen molar-refractivity contribution in [2.45, 2.75) is 32.7 Å². The van der Waals surface area contributed by atoms with Crippen molar-refractivity contribution in [3.63, 3.8) is 0 Å². The predicted molar refractivity (Wildman–Crippen MR) is 85.5 cm³/mol. The Morgan fingerprint density at radius 1 is 1.23 bits per heavy atom. The molecule has 0 aliphatic carbocycles. The van der Waals surface area contributed by atoms with Crippen LogP contribution in [0, 0.1) is 0 Å². The van der Waals surface area contributed by atoms with Gasteiger partial charge >= 0.3 is 5.97 Å². The smallest absolute Gasteiger partial charge is 0.335 e. The molecular weight excluding hydrogens is 300 g/mol. The molecule has 5 nitrogen and oxygen atoms in total. The van der Waals surface area contributed by atoms with Gasteiger partial charge in [0.25, 0.3) is 5.91 Å². The largest absolute Gasteiger partial charge is 0.478 e. The summed E-state index contributed by atoms with van der Waals surface area (Å²) in [4.78, 5) is 27.7. The molecular formula is C16H18N2O3S. The van der Waals surface area contributed by atoms with Crippen LogP contribution in [0.1, 0.15) is 64.1 Å². The summed E-state index contributed by atoms with van der Waals surface area (Å²) in [6, 6.07) is 5.74. The van der Waals surface area contributed by atoms with Gasteiger partial charge in [-0.05, 0) is 25.1 Å². The average Bonchev–Trinajstić information content (AvgIpc) is 2.97. The summed E-state index contributed by atoms with van der Waals surface area (Å²) in [5.41, 5.74) is 1.23. The van der Waals surface area contributed by atoms with E-state index in [1.165, 1.54) is 12.1 Å². The maximum atomic E-state index is 12.2. The summed E-state index contributed by atoms with van der Waals surface area (Å²) in [6.07, 6.45) is 0. The maximum absolute atomic E-state index is 12.2. The van der Waals surface area contributed by atoms with Gasteiger partial charge in [-0.3, -0.25) is 4.79 Å². The third-order valence-electron chi connectivity index (χ3n) is 3.20. The lowest BCUT2D eigenvalue weighted by Crippen LogP contribution is -2.27. The van der Waals surface area contributed by atoms with Gasteiger partial charge in [0, 0.05) is 16.9 Å². The van der Waals surface area contributed by atoms with E-state index in [0.717, 1.165) is 10.7 Å². The van der Waals surface area contributed by atoms with Crippen molar-refractivity contribution in [3.8, 4) is 0 Å². The number of carboxylic acid groups (broad SMARTS) is 1. The minimum absolute atomic E-state index is 0.0936. The van der Waals surface area contributed by atoms with E-state index in [4.69, 9.17) is 5.11 Å². The molecule has 0 saturated heterocycles. The van der Waals surface area contributed by atoms with Gasteiger partial charge in [0.2, 0.25) is 0 Å². The molecule has 1 heterocycles. The zero-order chi connectivity index (χ0) is 16.3. The van der Waals surface area contributed by atoms with E-state index in [2.05, 4.69) is 24.1 Å². The molecule has 1 aromatic heterocycles. The second-order valence-corrected chi connectivity index (χ2v) is 6.24. The quantitative estimate of drug-likeness (QED) is 0.885. The number of thiazole rings is 1. The van der Waals surface area contributed by atoms with Crippen molar-refractivity contribution in [2.75, 3.05) is 0 Å². The van der Waals surface area contributed by atoms with Crippen molar-refractivity contribution in [1.82, 2.24) is 10.3 Å². The summed E-state index contributed by atoms with van der Waals surface area (Å²) in [6.45, 7) is 6.00. The van der Waals surface area contributed by atoms with Crippen LogP contribution in [0.5, 0.6) is 0 Å². The van der Waals surface area contributed by atoms with E-state index in [1.54, 1.807) is 23.5 Å². The number of nitrogens with one attached hydrogen (secondary N) is 1. The van der Waals surface area contributed by atoms with Crippen LogP contribution in [0.25, 0.3) is 0 Å². The van der Waals surface area contributed by atoms with Crippen molar-refractivity contribution >= 4 is 23.2 Å². The van der Waals surface area contributed by atoms with Crippen molar-refractivity contribution in [2.24, 2.45) is 0 Å². The summed E-state index contributed by atoms with van der Waals surface area (Å²) in [7, 11) is 0. The molecule has 6 heteroatoms. The highest BCUT2D eigenvalue weighted by Gasteiger charge is 2.16. The molecule has 2 aromatic rings. The lowest BCUT2D eigenvalue weighted by atomic mass is 10.1. The molecule has 0 radical (unpaired) electrons. The highest BCUT2D eigenvalue weighted by molar-refractivity contribution is 7.09. The van der Waals surface area contributed by atoms with Gasteiger partial charge in [-0.15, -0.1) is 11.3 Å². The van der Waals surface area contributed by atoms with Crippen LogP contribution >= 0.6 is 11.3 Å². The fourth-order valence-corrected chi connectivity index (χ4v) is 2.84. The topological polar surface area (TPSA) is 79.3 Å². The first-order valence-corrected chi connectivity index (χ1v) is 7.86. The maximum Gasteiger partial charge on any atom is 0.335 e. The first-order chi connectivity index (χ1) is 10.4. The molecule has 0 bridgehead atoms. The minimum atomic E-state index is -1.05. The van der Waals surface area contributed by atoms with Crippen LogP contribution < -0.4 is 5.32 Å². The molecule has 0 unspecified atom stereocenters. The Hall–Kier alpha value is -2.21. The van der Waals surface area contributed by atoms with E-state index in [0.29, 0.717) is 11.5 Å². The van der Waals surface area contributed by atoms with E-state index < -0.39 is 5.97 Å². The van der Waals surface area contributed by atoms with Gasteiger partial charge in [0.1, 0.15) is 0 Å². The summed E-state index contributed by atoms with van der Waals surface area (Å²) in [5.74, 6) is -1.01. The van der Waals surface area contributed by atoms with Crippen molar-refractivity contribution in [3.05, 3.63) is 51.5 Å². The Kier molecular flexibility index (Phi) is 4.92. The Labute approximate surface area is 133 Å². The van der Waals surface area contributed by atoms with E-state index in [1.807, 2.05) is 12.3 Å². The highest BCUT2D eigenvalue weighted by atomic mass is 32.1. The van der Waals surface area contributed by atoms with Crippen LogP contribution in [0.2, 0.25) is 0 Å². The number of benzene rings is 1. The van der Waals surface area contributed by atoms with Gasteiger partial charge in [0.15, 0.2) is 0 Å². The zero-order valence-electron chi connectivity index (χ0n) is 12.7. The monoisotopic (exact) mass is 318 g/mol. The number of hydrogen-bond donors (Lipinski definition) is 2. The fourth-order valence-electron chi connectivity index (χ4n) is 1.91. The molecule has 1 atom stereocenters. The SMILES string of the molecule is CC(C)c1nc([C@H](C)NC(=O)c2cccc(C(=O)O)c2)cs1. The first kappa shape index (κ1) is 16.2. The highest BCUT2D eigenvalue weighted by Crippen LogP contribution is 2.23. The van der Waals surface area contributed by atoms with Crippen molar-refractivity contribution < 1.29 is 14.7 Å². The Balaban J connectivity index is 2.10. The Bertz CT molecular complexity index is 694. The fraction of sp³-hybridized carbons (Fsp3) is 0.312. The third kappa shape index (κ3) is 3.71. The Morgan fingerprint density at radius 2 is 1.91 bits per heavy atom. The average molecular weight is 318 g/mol. The number of aromatic nitrogens is 1. The van der Waals surface area contributed by atoms with E-state index >= 15 is 0 Å². The molecule has 2 rings (SSSR count). The molecule has 0 saturated carbocycles. The van der Waals surface area contributed by atoms with Gasteiger partial charge in [-0.25, -0.2) is 9.78 Å². The predicted octanol–water partition coefficient (Wildman–Crippen LogP) is 3.46. The number of nitrogens with zero attached hydrogens (tertiary/aromatic N) is 1. The molecule has 0 fully saturated rings. The van der Waals surface area contributed by atoms with Crippen LogP contribution in [0.3, 0.4) is 0 Å². The van der Waals surface area contributed by atoms with Crippen molar-refractivity contribution in [1.29, 1.82) is 0 Å². The van der Waals surface area contributed by atoms with Crippen LogP contribution in [0.4, 0.5) is 0 Å². The number of hydrogen-bond acceptors (Lipinski definition) is 4.